The molecule has 26 heavy (non-hydrogen) atoms. The topological polar surface area (TPSA) is 62.2 Å². The Morgan fingerprint density at radius 3 is 1.62 bits per heavy atom. The third-order valence-electron chi connectivity index (χ3n) is 4.19. The number of aliphatic hydroxyl groups is 2. The highest BCUT2D eigenvalue weighted by Crippen LogP contribution is 2.28. The molecule has 0 bridgehead atoms. The predicted octanol–water partition coefficient (Wildman–Crippen LogP) is 3.58. The van der Waals surface area contributed by atoms with Gasteiger partial charge in [0.15, 0.2) is 0 Å². The average Bonchev–Trinajstić information content (AvgIpc) is 2.66. The lowest BCUT2D eigenvalue weighted by Gasteiger charge is -2.30. The minimum Gasteiger partial charge on any atom is -0.497 e. The lowest BCUT2D eigenvalue weighted by molar-refractivity contribution is 0.0629. The largest absolute Gasteiger partial charge is 0.497 e. The number of ether oxygens (including phenoxy) is 2. The van der Waals surface area contributed by atoms with Crippen LogP contribution in [0.15, 0.2) is 45.3 Å². The molecule has 0 spiro atoms. The molecule has 2 rings (SSSR count). The summed E-state index contributed by atoms with van der Waals surface area (Å²) in [6.07, 6.45) is 0. The number of halogens is 2. The molecule has 2 N–H and O–H groups in total. The molecule has 0 saturated carbocycles. The van der Waals surface area contributed by atoms with Crippen LogP contribution < -0.4 is 9.47 Å². The van der Waals surface area contributed by atoms with E-state index in [1.165, 1.54) is 0 Å². The highest BCUT2D eigenvalue weighted by Gasteiger charge is 2.20. The predicted molar refractivity (Wildman–Crippen MR) is 109 cm³/mol. The Balaban J connectivity index is 2.32. The highest BCUT2D eigenvalue weighted by atomic mass is 79.9. The molecular weight excluding hydrogens is 466 g/mol. The van der Waals surface area contributed by atoms with Crippen LogP contribution in [-0.2, 0) is 13.1 Å². The van der Waals surface area contributed by atoms with Crippen LogP contribution in [0.25, 0.3) is 0 Å². The minimum absolute atomic E-state index is 0.139. The lowest BCUT2D eigenvalue weighted by Crippen LogP contribution is -2.39. The maximum Gasteiger partial charge on any atom is 0.119 e. The molecular formula is C19H23Br2NO4. The van der Waals surface area contributed by atoms with E-state index in [9.17, 15) is 10.2 Å². The number of nitrogens with zero attached hydrogens (tertiary/aromatic N) is 1. The number of rotatable bonds is 9. The van der Waals surface area contributed by atoms with Gasteiger partial charge < -0.3 is 19.7 Å². The number of methoxy groups -OCH3 is 2. The summed E-state index contributed by atoms with van der Waals surface area (Å²) >= 11 is 7.13. The first kappa shape index (κ1) is 21.2. The summed E-state index contributed by atoms with van der Waals surface area (Å²) in [7, 11) is 3.25. The fraction of sp³-hybridized carbons (Fsp3) is 0.368. The molecule has 0 aliphatic rings. The Kier molecular flexibility index (Phi) is 8.37. The highest BCUT2D eigenvalue weighted by molar-refractivity contribution is 9.10. The van der Waals surface area contributed by atoms with Crippen molar-refractivity contribution in [2.45, 2.75) is 19.1 Å². The Morgan fingerprint density at radius 2 is 1.27 bits per heavy atom. The summed E-state index contributed by atoms with van der Waals surface area (Å²) in [6, 6.07) is 11.1. The Morgan fingerprint density at radius 1 is 0.846 bits per heavy atom. The maximum atomic E-state index is 9.72. The molecule has 2 aromatic rings. The Labute approximate surface area is 170 Å². The van der Waals surface area contributed by atoms with E-state index in [1.807, 2.05) is 41.3 Å². The Bertz CT molecular complexity index is 667. The minimum atomic E-state index is -0.383. The first-order valence-electron chi connectivity index (χ1n) is 8.13. The molecule has 0 aliphatic carbocycles. The SMILES string of the molecule is COc1ccc(Br)c(CN(Cc2cc(OC)ccc2Br)C(CO)CO)c1. The van der Waals surface area contributed by atoms with Gasteiger partial charge in [-0.15, -0.1) is 0 Å². The molecule has 0 heterocycles. The molecule has 0 unspecified atom stereocenters. The van der Waals surface area contributed by atoms with Crippen LogP contribution in [0.4, 0.5) is 0 Å². The molecule has 0 radical (unpaired) electrons. The Hall–Kier alpha value is -1.12. The fourth-order valence-corrected chi connectivity index (χ4v) is 3.38. The van der Waals surface area contributed by atoms with E-state index in [-0.39, 0.29) is 19.3 Å². The van der Waals surface area contributed by atoms with E-state index >= 15 is 0 Å². The van der Waals surface area contributed by atoms with Gasteiger partial charge in [0, 0.05) is 22.0 Å². The molecule has 0 aromatic heterocycles. The second-order valence-corrected chi connectivity index (χ2v) is 7.55. The smallest absolute Gasteiger partial charge is 0.119 e. The van der Waals surface area contributed by atoms with Crippen LogP contribution in [0.2, 0.25) is 0 Å². The second kappa shape index (κ2) is 10.3. The van der Waals surface area contributed by atoms with Crippen LogP contribution in [0, 0.1) is 0 Å². The quantitative estimate of drug-likeness (QED) is 0.564. The van der Waals surface area contributed by atoms with E-state index in [2.05, 4.69) is 31.9 Å². The molecule has 0 saturated heterocycles. The van der Waals surface area contributed by atoms with Crippen LogP contribution in [0.3, 0.4) is 0 Å². The molecule has 0 atom stereocenters. The monoisotopic (exact) mass is 487 g/mol. The van der Waals surface area contributed by atoms with E-state index in [4.69, 9.17) is 9.47 Å². The van der Waals surface area contributed by atoms with Gasteiger partial charge in [-0.2, -0.15) is 0 Å². The van der Waals surface area contributed by atoms with Gasteiger partial charge in [0.1, 0.15) is 11.5 Å². The van der Waals surface area contributed by atoms with Crippen molar-refractivity contribution in [3.63, 3.8) is 0 Å². The normalized spacial score (nSPS) is 11.2. The average molecular weight is 489 g/mol. The summed E-state index contributed by atoms with van der Waals surface area (Å²) < 4.78 is 12.5. The lowest BCUT2D eigenvalue weighted by atomic mass is 10.1. The molecule has 0 aliphatic heterocycles. The zero-order chi connectivity index (χ0) is 19.1. The summed E-state index contributed by atoms with van der Waals surface area (Å²) in [4.78, 5) is 2.03. The number of benzene rings is 2. The van der Waals surface area contributed by atoms with Crippen LogP contribution >= 0.6 is 31.9 Å². The van der Waals surface area contributed by atoms with Gasteiger partial charge in [0.05, 0.1) is 33.5 Å². The third-order valence-corrected chi connectivity index (χ3v) is 5.74. The van der Waals surface area contributed by atoms with Crippen LogP contribution in [0.1, 0.15) is 11.1 Å². The third kappa shape index (κ3) is 5.44. The van der Waals surface area contributed by atoms with Gasteiger partial charge in [-0.3, -0.25) is 4.90 Å². The number of aliphatic hydroxyl groups excluding tert-OH is 2. The molecule has 5 nitrogen and oxygen atoms in total. The maximum absolute atomic E-state index is 9.72. The van der Waals surface area contributed by atoms with E-state index in [1.54, 1.807) is 14.2 Å². The van der Waals surface area contributed by atoms with Crippen molar-refractivity contribution in [2.75, 3.05) is 27.4 Å². The van der Waals surface area contributed by atoms with Gasteiger partial charge >= 0.3 is 0 Å². The zero-order valence-corrected chi connectivity index (χ0v) is 18.0. The van der Waals surface area contributed by atoms with Gasteiger partial charge in [0.2, 0.25) is 0 Å². The second-order valence-electron chi connectivity index (χ2n) is 5.84. The van der Waals surface area contributed by atoms with Crippen molar-refractivity contribution in [3.05, 3.63) is 56.5 Å². The van der Waals surface area contributed by atoms with Crippen molar-refractivity contribution in [2.24, 2.45) is 0 Å². The molecule has 2 aromatic carbocycles. The summed E-state index contributed by atoms with van der Waals surface area (Å²) in [5, 5.41) is 19.4. The van der Waals surface area contributed by atoms with Gasteiger partial charge in [-0.05, 0) is 47.5 Å². The first-order chi connectivity index (χ1) is 12.5. The fourth-order valence-electron chi connectivity index (χ4n) is 2.64. The molecule has 7 heteroatoms. The van der Waals surface area contributed by atoms with Crippen LogP contribution in [-0.4, -0.2) is 48.6 Å². The summed E-state index contributed by atoms with van der Waals surface area (Å²) in [5.74, 6) is 1.52. The van der Waals surface area contributed by atoms with Crippen molar-refractivity contribution in [1.29, 1.82) is 0 Å². The van der Waals surface area contributed by atoms with Gasteiger partial charge in [-0.1, -0.05) is 31.9 Å². The molecule has 0 amide bonds. The number of hydrogen-bond acceptors (Lipinski definition) is 5. The summed E-state index contributed by atoms with van der Waals surface area (Å²) in [5.41, 5.74) is 2.02. The van der Waals surface area contributed by atoms with Crippen molar-refractivity contribution in [1.82, 2.24) is 4.90 Å². The van der Waals surface area contributed by atoms with E-state index in [0.717, 1.165) is 31.6 Å². The van der Waals surface area contributed by atoms with Crippen molar-refractivity contribution in [3.8, 4) is 11.5 Å². The summed E-state index contributed by atoms with van der Waals surface area (Å²) in [6.45, 7) is 0.791. The standard InChI is InChI=1S/C19H23Br2NO4/c1-25-16-3-5-18(20)13(7-16)9-22(15(11-23)12-24)10-14-8-17(26-2)4-6-19(14)21/h3-8,15,23-24H,9-12H2,1-2H3. The molecule has 142 valence electrons. The van der Waals surface area contributed by atoms with Gasteiger partial charge in [-0.25, -0.2) is 0 Å². The van der Waals surface area contributed by atoms with Crippen molar-refractivity contribution < 1.29 is 19.7 Å². The van der Waals surface area contributed by atoms with E-state index < -0.39 is 0 Å². The first-order valence-corrected chi connectivity index (χ1v) is 9.71. The van der Waals surface area contributed by atoms with Gasteiger partial charge in [0.25, 0.3) is 0 Å². The number of hydrogen-bond donors (Lipinski definition) is 2. The molecule has 0 fully saturated rings. The van der Waals surface area contributed by atoms with Crippen molar-refractivity contribution >= 4 is 31.9 Å². The van der Waals surface area contributed by atoms with Crippen LogP contribution in [0.5, 0.6) is 11.5 Å². The zero-order valence-electron chi connectivity index (χ0n) is 14.8. The van der Waals surface area contributed by atoms with E-state index in [0.29, 0.717) is 13.1 Å².